The van der Waals surface area contributed by atoms with Gasteiger partial charge in [-0.15, -0.1) is 0 Å². The first-order valence-electron chi connectivity index (χ1n) is 12.7. The third kappa shape index (κ3) is 4.81. The van der Waals surface area contributed by atoms with E-state index in [4.69, 9.17) is 4.74 Å². The number of benzene rings is 1. The summed E-state index contributed by atoms with van der Waals surface area (Å²) in [6.07, 6.45) is 11.8. The number of methoxy groups -OCH3 is 1. The number of carbonyl (C=O) groups excluding carboxylic acids is 2. The fraction of sp³-hybridized carbons (Fsp3) is 0.586. The third-order valence-corrected chi connectivity index (χ3v) is 8.55. The molecule has 1 aromatic rings. The van der Waals surface area contributed by atoms with Crippen LogP contribution in [-0.4, -0.2) is 25.0 Å². The monoisotopic (exact) mass is 449 g/mol. The first kappa shape index (κ1) is 23.8. The summed E-state index contributed by atoms with van der Waals surface area (Å²) >= 11 is 0. The van der Waals surface area contributed by atoms with Crippen molar-refractivity contribution in [3.8, 4) is 0 Å². The SMILES string of the molecule is COC(=O)[C@@H](Cc1ccccc1)NC(=O)[C@]1(C)CCC[C@H]2[C@H]1CC=C1C=C(C(C)C)CC[C@@H]12. The minimum atomic E-state index is -0.664. The van der Waals surface area contributed by atoms with Gasteiger partial charge in [-0.25, -0.2) is 4.79 Å². The molecule has 0 heterocycles. The maximum atomic E-state index is 13.7. The Bertz CT molecular complexity index is 931. The molecule has 0 aromatic heterocycles. The average Bonchev–Trinajstić information content (AvgIpc) is 2.83. The summed E-state index contributed by atoms with van der Waals surface area (Å²) in [5.74, 6) is 1.67. The molecule has 4 heteroatoms. The van der Waals surface area contributed by atoms with Gasteiger partial charge in [0, 0.05) is 11.8 Å². The Balaban J connectivity index is 1.54. The lowest BCUT2D eigenvalue weighted by Gasteiger charge is -2.51. The molecule has 1 N–H and O–H groups in total. The molecule has 0 radical (unpaired) electrons. The van der Waals surface area contributed by atoms with E-state index >= 15 is 0 Å². The zero-order valence-corrected chi connectivity index (χ0v) is 20.6. The molecular weight excluding hydrogens is 410 g/mol. The van der Waals surface area contributed by atoms with E-state index < -0.39 is 11.5 Å². The van der Waals surface area contributed by atoms with Crippen molar-refractivity contribution in [2.45, 2.75) is 71.8 Å². The molecule has 0 unspecified atom stereocenters. The van der Waals surface area contributed by atoms with E-state index in [0.29, 0.717) is 30.1 Å². The van der Waals surface area contributed by atoms with Crippen molar-refractivity contribution in [2.24, 2.45) is 29.1 Å². The third-order valence-electron chi connectivity index (χ3n) is 8.55. The molecular formula is C29H39NO3. The smallest absolute Gasteiger partial charge is 0.328 e. The van der Waals surface area contributed by atoms with Crippen LogP contribution in [0.2, 0.25) is 0 Å². The van der Waals surface area contributed by atoms with Crippen molar-refractivity contribution < 1.29 is 14.3 Å². The van der Waals surface area contributed by atoms with Crippen LogP contribution in [0.3, 0.4) is 0 Å². The van der Waals surface area contributed by atoms with Crippen LogP contribution in [0.1, 0.15) is 64.9 Å². The predicted octanol–water partition coefficient (Wildman–Crippen LogP) is 5.63. The number of carbonyl (C=O) groups is 2. The summed E-state index contributed by atoms with van der Waals surface area (Å²) in [4.78, 5) is 26.3. The molecule has 0 bridgehead atoms. The molecule has 4 nitrogen and oxygen atoms in total. The van der Waals surface area contributed by atoms with Crippen LogP contribution in [0.25, 0.3) is 0 Å². The number of esters is 1. The lowest BCUT2D eigenvalue weighted by Crippen LogP contribution is -2.55. The fourth-order valence-electron chi connectivity index (χ4n) is 6.54. The van der Waals surface area contributed by atoms with Crippen LogP contribution in [0, 0.1) is 29.1 Å². The number of hydrogen-bond donors (Lipinski definition) is 1. The summed E-state index contributed by atoms with van der Waals surface area (Å²) < 4.78 is 5.04. The molecule has 4 rings (SSSR count). The van der Waals surface area contributed by atoms with E-state index in [1.54, 1.807) is 5.57 Å². The van der Waals surface area contributed by atoms with Crippen molar-refractivity contribution in [3.05, 3.63) is 59.2 Å². The van der Waals surface area contributed by atoms with Gasteiger partial charge in [-0.05, 0) is 66.9 Å². The molecule has 3 aliphatic rings. The maximum Gasteiger partial charge on any atom is 0.328 e. The summed E-state index contributed by atoms with van der Waals surface area (Å²) in [7, 11) is 1.39. The van der Waals surface area contributed by atoms with Crippen molar-refractivity contribution in [3.63, 3.8) is 0 Å². The Morgan fingerprint density at radius 3 is 2.64 bits per heavy atom. The normalized spacial score (nSPS) is 29.8. The van der Waals surface area contributed by atoms with Gasteiger partial charge in [-0.1, -0.05) is 75.2 Å². The summed E-state index contributed by atoms with van der Waals surface area (Å²) in [5, 5.41) is 3.11. The van der Waals surface area contributed by atoms with Gasteiger partial charge in [-0.2, -0.15) is 0 Å². The molecule has 3 aliphatic carbocycles. The molecule has 5 atom stereocenters. The van der Waals surface area contributed by atoms with Crippen LogP contribution in [0.15, 0.2) is 53.6 Å². The first-order valence-corrected chi connectivity index (χ1v) is 12.7. The second-order valence-corrected chi connectivity index (χ2v) is 10.8. The van der Waals surface area contributed by atoms with E-state index in [2.05, 4.69) is 38.2 Å². The molecule has 0 saturated heterocycles. The average molecular weight is 450 g/mol. The van der Waals surface area contributed by atoms with Gasteiger partial charge < -0.3 is 10.1 Å². The number of amides is 1. The second kappa shape index (κ2) is 9.87. The molecule has 0 aliphatic heterocycles. The highest BCUT2D eigenvalue weighted by Gasteiger charge is 2.51. The van der Waals surface area contributed by atoms with Crippen molar-refractivity contribution in [2.75, 3.05) is 7.11 Å². The minimum absolute atomic E-state index is 0.00889. The maximum absolute atomic E-state index is 13.7. The number of hydrogen-bond acceptors (Lipinski definition) is 3. The number of allylic oxidation sites excluding steroid dienone is 4. The lowest BCUT2D eigenvalue weighted by atomic mass is 9.53. The van der Waals surface area contributed by atoms with Crippen molar-refractivity contribution in [1.29, 1.82) is 0 Å². The molecule has 1 amide bonds. The molecule has 178 valence electrons. The van der Waals surface area contributed by atoms with E-state index in [1.807, 2.05) is 30.3 Å². The van der Waals surface area contributed by atoms with Crippen LogP contribution in [0.5, 0.6) is 0 Å². The fourth-order valence-corrected chi connectivity index (χ4v) is 6.54. The van der Waals surface area contributed by atoms with Crippen LogP contribution < -0.4 is 5.32 Å². The van der Waals surface area contributed by atoms with E-state index in [0.717, 1.165) is 24.8 Å². The van der Waals surface area contributed by atoms with E-state index in [1.165, 1.54) is 31.9 Å². The Morgan fingerprint density at radius 1 is 1.18 bits per heavy atom. The van der Waals surface area contributed by atoms with E-state index in [-0.39, 0.29) is 11.9 Å². The second-order valence-electron chi connectivity index (χ2n) is 10.8. The number of nitrogens with one attached hydrogen (secondary N) is 1. The Hall–Kier alpha value is -2.36. The molecule has 0 spiro atoms. The molecule has 33 heavy (non-hydrogen) atoms. The molecule has 1 saturated carbocycles. The highest BCUT2D eigenvalue weighted by Crippen LogP contribution is 2.55. The minimum Gasteiger partial charge on any atom is -0.467 e. The zero-order valence-electron chi connectivity index (χ0n) is 20.6. The molecule has 1 aromatic carbocycles. The Kier molecular flexibility index (Phi) is 7.11. The predicted molar refractivity (Wildman–Crippen MR) is 131 cm³/mol. The summed E-state index contributed by atoms with van der Waals surface area (Å²) in [6.45, 7) is 6.70. The van der Waals surface area contributed by atoms with Gasteiger partial charge in [0.1, 0.15) is 6.04 Å². The zero-order chi connectivity index (χ0) is 23.6. The van der Waals surface area contributed by atoms with Gasteiger partial charge in [-0.3, -0.25) is 4.79 Å². The van der Waals surface area contributed by atoms with Crippen molar-refractivity contribution in [1.82, 2.24) is 5.32 Å². The number of fused-ring (bicyclic) bond motifs is 3. The van der Waals surface area contributed by atoms with Gasteiger partial charge in [0.25, 0.3) is 0 Å². The van der Waals surface area contributed by atoms with Crippen LogP contribution >= 0.6 is 0 Å². The topological polar surface area (TPSA) is 55.4 Å². The largest absolute Gasteiger partial charge is 0.467 e. The van der Waals surface area contributed by atoms with E-state index in [9.17, 15) is 9.59 Å². The van der Waals surface area contributed by atoms with Crippen molar-refractivity contribution >= 4 is 11.9 Å². The van der Waals surface area contributed by atoms with Crippen LogP contribution in [0.4, 0.5) is 0 Å². The van der Waals surface area contributed by atoms with Gasteiger partial charge >= 0.3 is 5.97 Å². The quantitative estimate of drug-likeness (QED) is 0.573. The summed E-state index contributed by atoms with van der Waals surface area (Å²) in [6, 6.07) is 9.16. The molecule has 1 fully saturated rings. The highest BCUT2D eigenvalue weighted by molar-refractivity contribution is 5.88. The van der Waals surface area contributed by atoms with Crippen LogP contribution in [-0.2, 0) is 20.7 Å². The summed E-state index contributed by atoms with van der Waals surface area (Å²) in [5.41, 5.74) is 3.62. The first-order chi connectivity index (χ1) is 15.8. The van der Waals surface area contributed by atoms with Gasteiger partial charge in [0.2, 0.25) is 5.91 Å². The van der Waals surface area contributed by atoms with Gasteiger partial charge in [0.05, 0.1) is 7.11 Å². The lowest BCUT2D eigenvalue weighted by molar-refractivity contribution is -0.149. The highest BCUT2D eigenvalue weighted by atomic mass is 16.5. The van der Waals surface area contributed by atoms with Gasteiger partial charge in [0.15, 0.2) is 0 Å². The standard InChI is InChI=1S/C29H39NO3/c1-19(2)21-12-14-23-22(18-21)13-15-25-24(23)11-8-16-29(25,3)28(32)30-26(27(31)33-4)17-20-9-6-5-7-10-20/h5-7,9-10,13,18-19,23-26H,8,11-12,14-17H2,1-4H3,(H,30,32)/t23-,24+,25+,26+,29+/m0/s1. The Labute approximate surface area is 198 Å². The number of ether oxygens (including phenoxy) is 1. The number of rotatable bonds is 6. The Morgan fingerprint density at radius 2 is 1.94 bits per heavy atom.